The lowest BCUT2D eigenvalue weighted by Crippen LogP contribution is -2.14. The molecule has 1 rings (SSSR count). The van der Waals surface area contributed by atoms with Crippen molar-refractivity contribution in [1.82, 2.24) is 10.3 Å². The fourth-order valence-corrected chi connectivity index (χ4v) is 1.42. The predicted molar refractivity (Wildman–Crippen MR) is 60.3 cm³/mol. The molecule has 3 nitrogen and oxygen atoms in total. The molecule has 0 amide bonds. The van der Waals surface area contributed by atoms with E-state index < -0.39 is 0 Å². The molecule has 0 saturated carbocycles. The fourth-order valence-electron chi connectivity index (χ4n) is 1.42. The molecule has 0 atom stereocenters. The van der Waals surface area contributed by atoms with Gasteiger partial charge in [-0.1, -0.05) is 13.0 Å². The van der Waals surface area contributed by atoms with E-state index in [0.29, 0.717) is 5.82 Å². The molecular formula is C11H19N3. The molecule has 0 aliphatic carbocycles. The number of aryl methyl sites for hydroxylation is 2. The summed E-state index contributed by atoms with van der Waals surface area (Å²) < 4.78 is 0. The van der Waals surface area contributed by atoms with Gasteiger partial charge in [0.15, 0.2) is 0 Å². The summed E-state index contributed by atoms with van der Waals surface area (Å²) in [6, 6.07) is 2.12. The highest BCUT2D eigenvalue weighted by atomic mass is 14.8. The second-order valence-corrected chi connectivity index (χ2v) is 3.51. The maximum Gasteiger partial charge on any atom is 0.126 e. The third-order valence-electron chi connectivity index (χ3n) is 2.19. The Kier molecular flexibility index (Phi) is 4.40. The van der Waals surface area contributed by atoms with Gasteiger partial charge in [-0.2, -0.15) is 0 Å². The quantitative estimate of drug-likeness (QED) is 0.697. The van der Waals surface area contributed by atoms with Crippen LogP contribution in [0.2, 0.25) is 0 Å². The van der Waals surface area contributed by atoms with Gasteiger partial charge in [0.1, 0.15) is 5.82 Å². The van der Waals surface area contributed by atoms with Crippen LogP contribution < -0.4 is 11.1 Å². The lowest BCUT2D eigenvalue weighted by atomic mass is 10.1. The zero-order chi connectivity index (χ0) is 10.4. The van der Waals surface area contributed by atoms with Crippen LogP contribution in [0.1, 0.15) is 24.5 Å². The van der Waals surface area contributed by atoms with Gasteiger partial charge in [0.25, 0.3) is 0 Å². The van der Waals surface area contributed by atoms with Gasteiger partial charge >= 0.3 is 0 Å². The lowest BCUT2D eigenvalue weighted by molar-refractivity contribution is 0.672. The molecule has 0 spiro atoms. The van der Waals surface area contributed by atoms with E-state index in [2.05, 4.69) is 23.3 Å². The first-order chi connectivity index (χ1) is 6.74. The highest BCUT2D eigenvalue weighted by Crippen LogP contribution is 2.11. The van der Waals surface area contributed by atoms with Gasteiger partial charge in [0.2, 0.25) is 0 Å². The Morgan fingerprint density at radius 1 is 1.50 bits per heavy atom. The van der Waals surface area contributed by atoms with E-state index >= 15 is 0 Å². The van der Waals surface area contributed by atoms with Crippen LogP contribution in [-0.2, 0) is 6.42 Å². The minimum absolute atomic E-state index is 0.673. The maximum absolute atomic E-state index is 5.77. The summed E-state index contributed by atoms with van der Waals surface area (Å²) in [6.07, 6.45) is 3.93. The molecule has 0 bridgehead atoms. The fraction of sp³-hybridized carbons (Fsp3) is 0.545. The van der Waals surface area contributed by atoms with Crippen molar-refractivity contribution in [1.29, 1.82) is 0 Å². The highest BCUT2D eigenvalue weighted by Gasteiger charge is 2.00. The Labute approximate surface area is 85.7 Å². The van der Waals surface area contributed by atoms with Crippen LogP contribution in [0.5, 0.6) is 0 Å². The van der Waals surface area contributed by atoms with Crippen molar-refractivity contribution >= 4 is 5.82 Å². The largest absolute Gasteiger partial charge is 0.383 e. The van der Waals surface area contributed by atoms with Gasteiger partial charge < -0.3 is 11.1 Å². The molecule has 3 heteroatoms. The number of hydrogen-bond acceptors (Lipinski definition) is 3. The summed E-state index contributed by atoms with van der Waals surface area (Å²) in [6.45, 7) is 6.23. The number of pyridine rings is 1. The molecular weight excluding hydrogens is 174 g/mol. The van der Waals surface area contributed by atoms with Crippen molar-refractivity contribution in [3.63, 3.8) is 0 Å². The second-order valence-electron chi connectivity index (χ2n) is 3.51. The van der Waals surface area contributed by atoms with Crippen LogP contribution in [0.25, 0.3) is 0 Å². The molecule has 0 saturated heterocycles. The Bertz CT molecular complexity index is 284. The van der Waals surface area contributed by atoms with Crippen LogP contribution in [-0.4, -0.2) is 18.1 Å². The Morgan fingerprint density at radius 3 is 3.00 bits per heavy atom. The minimum Gasteiger partial charge on any atom is -0.383 e. The van der Waals surface area contributed by atoms with E-state index in [9.17, 15) is 0 Å². The van der Waals surface area contributed by atoms with E-state index in [-0.39, 0.29) is 0 Å². The Hall–Kier alpha value is -1.09. The van der Waals surface area contributed by atoms with E-state index in [1.165, 1.54) is 11.1 Å². The Balaban J connectivity index is 2.45. The smallest absolute Gasteiger partial charge is 0.126 e. The summed E-state index contributed by atoms with van der Waals surface area (Å²) in [7, 11) is 0. The van der Waals surface area contributed by atoms with Gasteiger partial charge in [-0.05, 0) is 44.0 Å². The molecule has 3 N–H and O–H groups in total. The summed E-state index contributed by atoms with van der Waals surface area (Å²) in [4.78, 5) is 4.13. The monoisotopic (exact) mass is 193 g/mol. The SMILES string of the molecule is CCNCCCc1cc(C)cnc1N. The summed E-state index contributed by atoms with van der Waals surface area (Å²) in [5.41, 5.74) is 8.12. The van der Waals surface area contributed by atoms with Crippen molar-refractivity contribution < 1.29 is 0 Å². The van der Waals surface area contributed by atoms with Crippen LogP contribution in [0.15, 0.2) is 12.3 Å². The first-order valence-corrected chi connectivity index (χ1v) is 5.15. The third-order valence-corrected chi connectivity index (χ3v) is 2.19. The number of nitrogens with zero attached hydrogens (tertiary/aromatic N) is 1. The normalized spacial score (nSPS) is 10.4. The van der Waals surface area contributed by atoms with Crippen molar-refractivity contribution in [2.24, 2.45) is 0 Å². The lowest BCUT2D eigenvalue weighted by Gasteiger charge is -2.05. The molecule has 0 radical (unpaired) electrons. The van der Waals surface area contributed by atoms with E-state index in [1.807, 2.05) is 13.1 Å². The van der Waals surface area contributed by atoms with Crippen molar-refractivity contribution in [2.75, 3.05) is 18.8 Å². The van der Waals surface area contributed by atoms with Crippen molar-refractivity contribution in [2.45, 2.75) is 26.7 Å². The number of hydrogen-bond donors (Lipinski definition) is 2. The standard InChI is InChI=1S/C11H19N3/c1-3-13-6-4-5-10-7-9(2)8-14-11(10)12/h7-8,13H,3-6H2,1-2H3,(H2,12,14). The van der Waals surface area contributed by atoms with E-state index in [4.69, 9.17) is 5.73 Å². The number of aromatic nitrogens is 1. The molecule has 0 unspecified atom stereocenters. The zero-order valence-corrected chi connectivity index (χ0v) is 9.01. The topological polar surface area (TPSA) is 50.9 Å². The van der Waals surface area contributed by atoms with Gasteiger partial charge in [0, 0.05) is 6.20 Å². The minimum atomic E-state index is 0.673. The number of anilines is 1. The highest BCUT2D eigenvalue weighted by molar-refractivity contribution is 5.40. The predicted octanol–water partition coefficient (Wildman–Crippen LogP) is 1.51. The first-order valence-electron chi connectivity index (χ1n) is 5.15. The van der Waals surface area contributed by atoms with Crippen LogP contribution >= 0.6 is 0 Å². The average molecular weight is 193 g/mol. The molecule has 0 fully saturated rings. The summed E-state index contributed by atoms with van der Waals surface area (Å²) in [5, 5.41) is 3.29. The molecule has 0 aliphatic rings. The Morgan fingerprint density at radius 2 is 2.29 bits per heavy atom. The van der Waals surface area contributed by atoms with E-state index in [0.717, 1.165) is 25.9 Å². The molecule has 1 heterocycles. The molecule has 0 aromatic carbocycles. The molecule has 1 aromatic rings. The summed E-state index contributed by atoms with van der Waals surface area (Å²) >= 11 is 0. The summed E-state index contributed by atoms with van der Waals surface area (Å²) in [5.74, 6) is 0.673. The first kappa shape index (κ1) is 11.0. The molecule has 14 heavy (non-hydrogen) atoms. The van der Waals surface area contributed by atoms with Crippen LogP contribution in [0.4, 0.5) is 5.82 Å². The number of nitrogens with two attached hydrogens (primary N) is 1. The number of rotatable bonds is 5. The molecule has 0 aliphatic heterocycles. The van der Waals surface area contributed by atoms with Crippen LogP contribution in [0.3, 0.4) is 0 Å². The zero-order valence-electron chi connectivity index (χ0n) is 9.01. The van der Waals surface area contributed by atoms with Gasteiger partial charge in [-0.3, -0.25) is 0 Å². The molecule has 1 aromatic heterocycles. The number of nitrogen functional groups attached to an aromatic ring is 1. The second kappa shape index (κ2) is 5.60. The van der Waals surface area contributed by atoms with Gasteiger partial charge in [-0.25, -0.2) is 4.98 Å². The number of nitrogens with one attached hydrogen (secondary N) is 1. The maximum atomic E-state index is 5.77. The van der Waals surface area contributed by atoms with Crippen molar-refractivity contribution in [3.05, 3.63) is 23.4 Å². The third kappa shape index (κ3) is 3.34. The average Bonchev–Trinajstić information content (AvgIpc) is 2.18. The molecule has 78 valence electrons. The van der Waals surface area contributed by atoms with Crippen LogP contribution in [0, 0.1) is 6.92 Å². The van der Waals surface area contributed by atoms with Gasteiger partial charge in [0.05, 0.1) is 0 Å². The van der Waals surface area contributed by atoms with E-state index in [1.54, 1.807) is 0 Å². The van der Waals surface area contributed by atoms with Crippen molar-refractivity contribution in [3.8, 4) is 0 Å². The van der Waals surface area contributed by atoms with Gasteiger partial charge in [-0.15, -0.1) is 0 Å².